The highest BCUT2D eigenvalue weighted by Gasteiger charge is 2.32. The molecule has 2 fully saturated rings. The lowest BCUT2D eigenvalue weighted by molar-refractivity contribution is 0.478. The van der Waals surface area contributed by atoms with Crippen LogP contribution in [0, 0.1) is 11.8 Å². The smallest absolute Gasteiger partial charge is 0.140 e. The second kappa shape index (κ2) is 7.43. The standard InChI is InChI=1S/C24H32N4O/c1-15-2-7-18-10-19(12-26-20-8-9-21(25)22(29)11-20)24(27-23(15)18)28(13-16-3-4-16)14-17-5-6-17/h8-11,15-17,26,29H,2-7,12-14,25H2,1H3. The van der Waals surface area contributed by atoms with E-state index in [4.69, 9.17) is 10.7 Å². The number of aromatic hydroxyl groups is 1. The molecule has 5 nitrogen and oxygen atoms in total. The Morgan fingerprint density at radius 2 is 1.83 bits per heavy atom. The number of phenolic OH excluding ortho intramolecular Hbond substituents is 1. The van der Waals surface area contributed by atoms with Gasteiger partial charge in [0.25, 0.3) is 0 Å². The number of benzene rings is 1. The predicted octanol–water partition coefficient (Wildman–Crippen LogP) is 4.66. The molecule has 1 aromatic carbocycles. The Kier molecular flexibility index (Phi) is 4.76. The van der Waals surface area contributed by atoms with Gasteiger partial charge in [0.2, 0.25) is 0 Å². The molecule has 0 bridgehead atoms. The summed E-state index contributed by atoms with van der Waals surface area (Å²) < 4.78 is 0. The van der Waals surface area contributed by atoms with Crippen molar-refractivity contribution < 1.29 is 5.11 Å². The van der Waals surface area contributed by atoms with Crippen molar-refractivity contribution in [3.63, 3.8) is 0 Å². The van der Waals surface area contributed by atoms with Crippen molar-refractivity contribution in [1.82, 2.24) is 4.98 Å². The van der Waals surface area contributed by atoms with E-state index in [1.54, 1.807) is 12.1 Å². The van der Waals surface area contributed by atoms with Gasteiger partial charge in [-0.15, -0.1) is 0 Å². The summed E-state index contributed by atoms with van der Waals surface area (Å²) in [6.07, 6.45) is 7.78. The maximum absolute atomic E-state index is 9.92. The molecule has 1 unspecified atom stereocenters. The van der Waals surface area contributed by atoms with E-state index in [1.165, 1.54) is 54.7 Å². The number of nitrogens with two attached hydrogens (primary N) is 1. The number of hydrogen-bond donors (Lipinski definition) is 3. The highest BCUT2D eigenvalue weighted by Crippen LogP contribution is 2.39. The van der Waals surface area contributed by atoms with Crippen molar-refractivity contribution >= 4 is 17.2 Å². The van der Waals surface area contributed by atoms with Crippen molar-refractivity contribution in [2.24, 2.45) is 11.8 Å². The number of nitrogens with one attached hydrogen (secondary N) is 1. The minimum Gasteiger partial charge on any atom is -0.506 e. The highest BCUT2D eigenvalue weighted by molar-refractivity contribution is 5.61. The van der Waals surface area contributed by atoms with Crippen LogP contribution in [-0.2, 0) is 13.0 Å². The fourth-order valence-corrected chi connectivity index (χ4v) is 4.47. The van der Waals surface area contributed by atoms with Crippen LogP contribution in [0.4, 0.5) is 17.2 Å². The molecule has 154 valence electrons. The van der Waals surface area contributed by atoms with Gasteiger partial charge in [-0.3, -0.25) is 0 Å². The zero-order valence-corrected chi connectivity index (χ0v) is 17.3. The van der Waals surface area contributed by atoms with Gasteiger partial charge in [-0.25, -0.2) is 4.98 Å². The fraction of sp³-hybridized carbons (Fsp3) is 0.542. The number of pyridine rings is 1. The van der Waals surface area contributed by atoms with Gasteiger partial charge >= 0.3 is 0 Å². The van der Waals surface area contributed by atoms with Crippen molar-refractivity contribution in [3.05, 3.63) is 41.1 Å². The third-order valence-electron chi connectivity index (χ3n) is 6.67. The SMILES string of the molecule is CC1CCc2cc(CNc3ccc(N)c(O)c3)c(N(CC3CC3)CC3CC3)nc21. The molecular formula is C24H32N4O. The fourth-order valence-electron chi connectivity index (χ4n) is 4.47. The predicted molar refractivity (Wildman–Crippen MR) is 118 cm³/mol. The molecule has 2 aromatic rings. The molecule has 0 aliphatic heterocycles. The van der Waals surface area contributed by atoms with Gasteiger partial charge in [0.1, 0.15) is 11.6 Å². The average molecular weight is 393 g/mol. The van der Waals surface area contributed by atoms with Gasteiger partial charge in [-0.1, -0.05) is 6.92 Å². The summed E-state index contributed by atoms with van der Waals surface area (Å²) in [5.74, 6) is 3.55. The van der Waals surface area contributed by atoms with Crippen LogP contribution >= 0.6 is 0 Å². The van der Waals surface area contributed by atoms with Crippen LogP contribution < -0.4 is 16.0 Å². The van der Waals surface area contributed by atoms with Gasteiger partial charge in [-0.05, 0) is 80.0 Å². The number of fused-ring (bicyclic) bond motifs is 1. The Morgan fingerprint density at radius 3 is 2.48 bits per heavy atom. The summed E-state index contributed by atoms with van der Waals surface area (Å²) in [4.78, 5) is 7.84. The summed E-state index contributed by atoms with van der Waals surface area (Å²) >= 11 is 0. The van der Waals surface area contributed by atoms with E-state index in [2.05, 4.69) is 23.2 Å². The quantitative estimate of drug-likeness (QED) is 0.450. The molecular weight excluding hydrogens is 360 g/mol. The zero-order chi connectivity index (χ0) is 20.0. The molecule has 29 heavy (non-hydrogen) atoms. The van der Waals surface area contributed by atoms with Crippen LogP contribution in [0.2, 0.25) is 0 Å². The maximum Gasteiger partial charge on any atom is 0.140 e. The van der Waals surface area contributed by atoms with E-state index >= 15 is 0 Å². The lowest BCUT2D eigenvalue weighted by Crippen LogP contribution is -2.30. The molecule has 3 aliphatic rings. The number of rotatable bonds is 8. The Morgan fingerprint density at radius 1 is 1.10 bits per heavy atom. The number of hydrogen-bond acceptors (Lipinski definition) is 5. The average Bonchev–Trinajstić information content (AvgIpc) is 3.64. The third-order valence-corrected chi connectivity index (χ3v) is 6.67. The molecule has 0 amide bonds. The first-order chi connectivity index (χ1) is 14.1. The summed E-state index contributed by atoms with van der Waals surface area (Å²) in [6, 6.07) is 7.75. The second-order valence-electron chi connectivity index (χ2n) is 9.37. The molecule has 1 heterocycles. The Bertz CT molecular complexity index is 890. The number of aromatic nitrogens is 1. The molecule has 0 spiro atoms. The minimum atomic E-state index is 0.125. The van der Waals surface area contributed by atoms with Crippen LogP contribution in [0.25, 0.3) is 0 Å². The van der Waals surface area contributed by atoms with Crippen molar-refractivity contribution in [2.75, 3.05) is 29.0 Å². The minimum absolute atomic E-state index is 0.125. The van der Waals surface area contributed by atoms with Gasteiger partial charge < -0.3 is 21.1 Å². The van der Waals surface area contributed by atoms with Crippen molar-refractivity contribution in [1.29, 1.82) is 0 Å². The summed E-state index contributed by atoms with van der Waals surface area (Å²) in [5, 5.41) is 13.4. The van der Waals surface area contributed by atoms with E-state index < -0.39 is 0 Å². The molecule has 0 radical (unpaired) electrons. The van der Waals surface area contributed by atoms with Gasteiger partial charge in [0, 0.05) is 42.6 Å². The molecule has 1 atom stereocenters. The lowest BCUT2D eigenvalue weighted by Gasteiger charge is -2.27. The van der Waals surface area contributed by atoms with Crippen LogP contribution in [0.1, 0.15) is 61.8 Å². The zero-order valence-electron chi connectivity index (χ0n) is 17.3. The number of anilines is 3. The van der Waals surface area contributed by atoms with Gasteiger partial charge in [0.15, 0.2) is 0 Å². The number of nitrogen functional groups attached to an aromatic ring is 1. The largest absolute Gasteiger partial charge is 0.506 e. The van der Waals surface area contributed by atoms with Crippen LogP contribution in [0.3, 0.4) is 0 Å². The van der Waals surface area contributed by atoms with Crippen LogP contribution in [0.5, 0.6) is 5.75 Å². The molecule has 2 saturated carbocycles. The van der Waals surface area contributed by atoms with Crippen LogP contribution in [-0.4, -0.2) is 23.2 Å². The molecule has 3 aliphatic carbocycles. The van der Waals surface area contributed by atoms with Gasteiger partial charge in [-0.2, -0.15) is 0 Å². The van der Waals surface area contributed by atoms with E-state index in [0.29, 0.717) is 18.2 Å². The van der Waals surface area contributed by atoms with E-state index in [-0.39, 0.29) is 5.75 Å². The van der Waals surface area contributed by atoms with E-state index in [0.717, 1.165) is 37.0 Å². The number of aryl methyl sites for hydroxylation is 1. The molecule has 1 aromatic heterocycles. The first-order valence-corrected chi connectivity index (χ1v) is 11.2. The monoisotopic (exact) mass is 392 g/mol. The topological polar surface area (TPSA) is 74.4 Å². The van der Waals surface area contributed by atoms with E-state index in [1.807, 2.05) is 6.07 Å². The highest BCUT2D eigenvalue weighted by atomic mass is 16.3. The summed E-state index contributed by atoms with van der Waals surface area (Å²) in [5.41, 5.74) is 11.0. The lowest BCUT2D eigenvalue weighted by atomic mass is 10.1. The third kappa shape index (κ3) is 4.14. The van der Waals surface area contributed by atoms with Crippen molar-refractivity contribution in [2.45, 2.75) is 57.9 Å². The summed E-state index contributed by atoms with van der Waals surface area (Å²) in [6.45, 7) is 5.31. The molecule has 5 rings (SSSR count). The molecule has 4 N–H and O–H groups in total. The Hall–Kier alpha value is -2.43. The Balaban J connectivity index is 1.44. The van der Waals surface area contributed by atoms with Gasteiger partial charge in [0.05, 0.1) is 5.69 Å². The number of nitrogens with zero attached hydrogens (tertiary/aromatic N) is 2. The first-order valence-electron chi connectivity index (χ1n) is 11.2. The summed E-state index contributed by atoms with van der Waals surface area (Å²) in [7, 11) is 0. The number of phenols is 1. The second-order valence-corrected chi connectivity index (χ2v) is 9.37. The molecule has 0 saturated heterocycles. The van der Waals surface area contributed by atoms with Crippen molar-refractivity contribution in [3.8, 4) is 5.75 Å². The molecule has 5 heteroatoms. The van der Waals surface area contributed by atoms with Crippen LogP contribution in [0.15, 0.2) is 24.3 Å². The Labute approximate surface area is 173 Å². The first kappa shape index (κ1) is 18.6. The normalized spacial score (nSPS) is 20.5. The maximum atomic E-state index is 9.92. The van der Waals surface area contributed by atoms with E-state index in [9.17, 15) is 5.11 Å².